The minimum absolute atomic E-state index is 0.00166. The number of hydrogen-bond acceptors (Lipinski definition) is 3. The van der Waals surface area contributed by atoms with Crippen LogP contribution in [0.25, 0.3) is 5.76 Å². The Balaban J connectivity index is 1.82. The molecule has 4 nitrogen and oxygen atoms in total. The molecule has 0 amide bonds. The number of Topliss-reactive ketones (excluding diaryl/α,β-unsaturated/α-hetero) is 1. The Morgan fingerprint density at radius 1 is 0.971 bits per heavy atom. The van der Waals surface area contributed by atoms with Crippen molar-refractivity contribution in [3.63, 3.8) is 0 Å². The quantitative estimate of drug-likeness (QED) is 0.435. The van der Waals surface area contributed by atoms with Crippen molar-refractivity contribution in [2.75, 3.05) is 4.90 Å². The third-order valence-corrected chi connectivity index (χ3v) is 6.55. The summed E-state index contributed by atoms with van der Waals surface area (Å²) in [5, 5.41) is 20.8. The average molecular weight is 453 g/mol. The summed E-state index contributed by atoms with van der Waals surface area (Å²) >= 11 is 0. The average Bonchev–Trinajstić information content (AvgIpc) is 2.85. The van der Waals surface area contributed by atoms with Gasteiger partial charge in [0.1, 0.15) is 17.4 Å². The number of para-hydroxylation sites is 1. The molecule has 34 heavy (non-hydrogen) atoms. The van der Waals surface area contributed by atoms with Crippen LogP contribution < -0.4 is 4.90 Å². The molecule has 2 N–H and O–H groups in total. The van der Waals surface area contributed by atoms with Crippen LogP contribution >= 0.6 is 0 Å². The van der Waals surface area contributed by atoms with Gasteiger partial charge in [0.15, 0.2) is 5.78 Å². The summed E-state index contributed by atoms with van der Waals surface area (Å²) in [5.74, 6) is -0.967. The summed E-state index contributed by atoms with van der Waals surface area (Å²) in [7, 11) is 0. The zero-order chi connectivity index (χ0) is 23.8. The number of aliphatic hydroxyl groups excluding tert-OH is 1. The topological polar surface area (TPSA) is 64.4 Å². The number of aliphatic hydroxyl groups is 1. The van der Waals surface area contributed by atoms with Crippen molar-refractivity contribution in [2.24, 2.45) is 0 Å². The zero-order valence-corrected chi connectivity index (χ0v) is 18.9. The van der Waals surface area contributed by atoms with Crippen LogP contribution in [0.3, 0.4) is 0 Å². The first-order chi connectivity index (χ1) is 16.5. The van der Waals surface area contributed by atoms with E-state index >= 15 is 0 Å². The molecular formula is C29H25FN2O2. The monoisotopic (exact) mass is 452 g/mol. The van der Waals surface area contributed by atoms with E-state index in [4.69, 9.17) is 0 Å². The standard InChI is InChI=1S/C29H25FN2O2/c1-18-10-12-20(13-11-18)28(34)27-25(19-14-16-21(30)17-15-19)26-23(8-5-9-24(26)33)32(29(27)31)22-6-3-2-4-7-22/h2-4,6-7,10-17,25,31,34H,5,8-9H2,1H3/b28-27+,31-29?. The molecule has 0 radical (unpaired) electrons. The number of anilines is 1. The summed E-state index contributed by atoms with van der Waals surface area (Å²) < 4.78 is 13.8. The van der Waals surface area contributed by atoms with Gasteiger partial charge in [-0.05, 0) is 49.6 Å². The van der Waals surface area contributed by atoms with Crippen LogP contribution in [0.15, 0.2) is 95.7 Å². The Bertz CT molecular complexity index is 1320. The van der Waals surface area contributed by atoms with E-state index < -0.39 is 5.92 Å². The molecule has 1 unspecified atom stereocenters. The minimum Gasteiger partial charge on any atom is -0.507 e. The predicted molar refractivity (Wildman–Crippen MR) is 132 cm³/mol. The van der Waals surface area contributed by atoms with E-state index in [0.717, 1.165) is 16.9 Å². The normalized spacial score (nSPS) is 19.8. The Labute approximate surface area is 198 Å². The number of allylic oxidation sites excluding steroid dienone is 2. The SMILES string of the molecule is Cc1ccc(/C(O)=C2\C(=N)N(c3ccccc3)C3=C(C(=O)CCC3)C2c2ccc(F)cc2)cc1. The first kappa shape index (κ1) is 21.8. The van der Waals surface area contributed by atoms with Crippen LogP contribution in [0.4, 0.5) is 10.1 Å². The molecule has 3 aromatic carbocycles. The number of benzene rings is 3. The second-order valence-corrected chi connectivity index (χ2v) is 8.77. The molecule has 1 aliphatic heterocycles. The van der Waals surface area contributed by atoms with Crippen LogP contribution in [0.2, 0.25) is 0 Å². The third kappa shape index (κ3) is 3.73. The second kappa shape index (κ2) is 8.75. The van der Waals surface area contributed by atoms with Gasteiger partial charge >= 0.3 is 0 Å². The van der Waals surface area contributed by atoms with Gasteiger partial charge in [-0.3, -0.25) is 15.1 Å². The summed E-state index contributed by atoms with van der Waals surface area (Å²) in [5.41, 5.74) is 4.75. The number of carbonyl (C=O) groups excluding carboxylic acids is 1. The van der Waals surface area contributed by atoms with Crippen molar-refractivity contribution in [1.29, 1.82) is 5.41 Å². The van der Waals surface area contributed by atoms with Gasteiger partial charge in [0, 0.05) is 40.4 Å². The largest absolute Gasteiger partial charge is 0.507 e. The number of hydrogen-bond donors (Lipinski definition) is 2. The number of ketones is 1. The Hall–Kier alpha value is -3.99. The van der Waals surface area contributed by atoms with Gasteiger partial charge in [0.05, 0.1) is 0 Å². The molecule has 2 aliphatic rings. The van der Waals surface area contributed by atoms with E-state index in [1.165, 1.54) is 12.1 Å². The smallest absolute Gasteiger partial charge is 0.161 e. The van der Waals surface area contributed by atoms with Crippen molar-refractivity contribution in [3.05, 3.63) is 118 Å². The van der Waals surface area contributed by atoms with Crippen molar-refractivity contribution in [1.82, 2.24) is 0 Å². The van der Waals surface area contributed by atoms with Crippen molar-refractivity contribution in [2.45, 2.75) is 32.1 Å². The van der Waals surface area contributed by atoms with Gasteiger partial charge in [0.2, 0.25) is 0 Å². The van der Waals surface area contributed by atoms with Crippen LogP contribution in [0, 0.1) is 18.2 Å². The van der Waals surface area contributed by atoms with Crippen LogP contribution in [0.1, 0.15) is 41.9 Å². The molecular weight excluding hydrogens is 427 g/mol. The van der Waals surface area contributed by atoms with E-state index in [9.17, 15) is 19.7 Å². The van der Waals surface area contributed by atoms with Gasteiger partial charge in [-0.1, -0.05) is 60.2 Å². The lowest BCUT2D eigenvalue weighted by atomic mass is 9.73. The number of nitrogens with one attached hydrogen (secondary N) is 1. The molecule has 0 saturated heterocycles. The molecule has 5 rings (SSSR count). The van der Waals surface area contributed by atoms with Crippen molar-refractivity contribution < 1.29 is 14.3 Å². The van der Waals surface area contributed by atoms with Gasteiger partial charge < -0.3 is 5.11 Å². The fourth-order valence-corrected chi connectivity index (χ4v) is 4.91. The Morgan fingerprint density at radius 3 is 2.32 bits per heavy atom. The second-order valence-electron chi connectivity index (χ2n) is 8.77. The fourth-order valence-electron chi connectivity index (χ4n) is 4.91. The van der Waals surface area contributed by atoms with E-state index in [-0.39, 0.29) is 23.2 Å². The molecule has 0 saturated carbocycles. The van der Waals surface area contributed by atoms with Crippen LogP contribution in [0.5, 0.6) is 0 Å². The molecule has 3 aromatic rings. The number of halogens is 1. The number of rotatable bonds is 3. The summed E-state index contributed by atoms with van der Waals surface area (Å²) in [6.45, 7) is 1.97. The number of nitrogens with zero attached hydrogens (tertiary/aromatic N) is 1. The molecule has 1 heterocycles. The molecule has 1 atom stereocenters. The van der Waals surface area contributed by atoms with Gasteiger partial charge in [0.25, 0.3) is 0 Å². The number of amidine groups is 1. The number of carbonyl (C=O) groups is 1. The molecule has 1 aliphatic carbocycles. The fraction of sp³-hybridized carbons (Fsp3) is 0.172. The maximum absolute atomic E-state index is 13.8. The summed E-state index contributed by atoms with van der Waals surface area (Å²) in [4.78, 5) is 15.2. The lowest BCUT2D eigenvalue weighted by Crippen LogP contribution is -2.42. The maximum atomic E-state index is 13.8. The first-order valence-corrected chi connectivity index (χ1v) is 11.4. The highest BCUT2D eigenvalue weighted by molar-refractivity contribution is 6.19. The molecule has 5 heteroatoms. The highest BCUT2D eigenvalue weighted by atomic mass is 19.1. The number of aryl methyl sites for hydroxylation is 1. The molecule has 0 spiro atoms. The molecule has 0 bridgehead atoms. The Kier molecular flexibility index (Phi) is 5.62. The maximum Gasteiger partial charge on any atom is 0.161 e. The third-order valence-electron chi connectivity index (χ3n) is 6.55. The van der Waals surface area contributed by atoms with E-state index in [1.807, 2.05) is 61.5 Å². The highest BCUT2D eigenvalue weighted by Crippen LogP contribution is 2.47. The van der Waals surface area contributed by atoms with Gasteiger partial charge in [-0.2, -0.15) is 0 Å². The Morgan fingerprint density at radius 2 is 1.65 bits per heavy atom. The lowest BCUT2D eigenvalue weighted by molar-refractivity contribution is -0.116. The van der Waals surface area contributed by atoms with E-state index in [2.05, 4.69) is 0 Å². The summed E-state index contributed by atoms with van der Waals surface area (Å²) in [6, 6.07) is 22.9. The van der Waals surface area contributed by atoms with Crippen LogP contribution in [-0.2, 0) is 4.79 Å². The molecule has 0 aromatic heterocycles. The van der Waals surface area contributed by atoms with E-state index in [1.54, 1.807) is 17.0 Å². The lowest BCUT2D eigenvalue weighted by Gasteiger charge is -2.41. The van der Waals surface area contributed by atoms with Crippen molar-refractivity contribution in [3.8, 4) is 0 Å². The van der Waals surface area contributed by atoms with Crippen molar-refractivity contribution >= 4 is 23.1 Å². The summed E-state index contributed by atoms with van der Waals surface area (Å²) in [6.07, 6.45) is 1.76. The first-order valence-electron chi connectivity index (χ1n) is 11.4. The molecule has 170 valence electrons. The van der Waals surface area contributed by atoms with Gasteiger partial charge in [-0.25, -0.2) is 4.39 Å². The highest BCUT2D eigenvalue weighted by Gasteiger charge is 2.43. The van der Waals surface area contributed by atoms with E-state index in [0.29, 0.717) is 41.5 Å². The minimum atomic E-state index is -0.655. The zero-order valence-electron chi connectivity index (χ0n) is 18.9. The molecule has 0 fully saturated rings. The predicted octanol–water partition coefficient (Wildman–Crippen LogP) is 6.69. The van der Waals surface area contributed by atoms with Crippen LogP contribution in [-0.4, -0.2) is 16.7 Å². The van der Waals surface area contributed by atoms with Gasteiger partial charge in [-0.15, -0.1) is 0 Å².